The lowest BCUT2D eigenvalue weighted by atomic mass is 9.90. The van der Waals surface area contributed by atoms with Crippen LogP contribution in [0.15, 0.2) is 40.4 Å². The smallest absolute Gasteiger partial charge is 0.337 e. The lowest BCUT2D eigenvalue weighted by Gasteiger charge is -2.18. The van der Waals surface area contributed by atoms with E-state index in [-0.39, 0.29) is 11.8 Å². The lowest BCUT2D eigenvalue weighted by molar-refractivity contribution is -0.135. The molecule has 0 spiro atoms. The second-order valence-electron chi connectivity index (χ2n) is 3.67. The van der Waals surface area contributed by atoms with E-state index in [4.69, 9.17) is 0 Å². The number of ether oxygens (including phenoxy) is 1. The third-order valence-electron chi connectivity index (χ3n) is 2.55. The van der Waals surface area contributed by atoms with Crippen LogP contribution in [0, 0.1) is 5.92 Å². The summed E-state index contributed by atoms with van der Waals surface area (Å²) in [5.41, 5.74) is 1.64. The number of allylic oxidation sites excluding steroid dienone is 3. The number of methoxy groups -OCH3 is 1. The van der Waals surface area contributed by atoms with Crippen LogP contribution in [0.25, 0.3) is 0 Å². The van der Waals surface area contributed by atoms with Gasteiger partial charge in [-0.1, -0.05) is 18.2 Å². The molecule has 0 aromatic carbocycles. The molecule has 0 radical (unpaired) electrons. The Morgan fingerprint density at radius 2 is 2.25 bits per heavy atom. The predicted octanol–water partition coefficient (Wildman–Crippen LogP) is 1.20. The van der Waals surface area contributed by atoms with E-state index in [9.17, 15) is 9.59 Å². The average molecular weight is 217 g/mol. The van der Waals surface area contributed by atoms with Crippen molar-refractivity contribution in [2.75, 3.05) is 7.11 Å². The minimum Gasteiger partial charge on any atom is -0.465 e. The van der Waals surface area contributed by atoms with E-state index in [0.29, 0.717) is 16.9 Å². The van der Waals surface area contributed by atoms with Crippen molar-refractivity contribution in [3.8, 4) is 0 Å². The topological polar surface area (TPSA) is 55.7 Å². The first kappa shape index (κ1) is 10.5. The highest BCUT2D eigenvalue weighted by molar-refractivity contribution is 6.15. The molecule has 0 fully saturated rings. The first-order valence-electron chi connectivity index (χ1n) is 4.91. The third-order valence-corrected chi connectivity index (χ3v) is 2.55. The zero-order valence-corrected chi connectivity index (χ0v) is 9.06. The van der Waals surface area contributed by atoms with Crippen molar-refractivity contribution in [2.24, 2.45) is 10.9 Å². The molecule has 82 valence electrons. The van der Waals surface area contributed by atoms with Gasteiger partial charge in [-0.25, -0.2) is 9.79 Å². The normalized spacial score (nSPS) is 23.0. The standard InChI is InChI=1S/C12H11NO3/c1-7-5-8-3-4-9(12(15)16-2)6-10(8)13-11(7)14/h3-6,8H,1-2H3. The Balaban J connectivity index is 2.34. The molecule has 1 unspecified atom stereocenters. The van der Waals surface area contributed by atoms with Crippen molar-refractivity contribution >= 4 is 17.6 Å². The predicted molar refractivity (Wildman–Crippen MR) is 58.9 cm³/mol. The fraction of sp³-hybridized carbons (Fsp3) is 0.250. The van der Waals surface area contributed by atoms with Gasteiger partial charge < -0.3 is 4.74 Å². The second-order valence-corrected chi connectivity index (χ2v) is 3.67. The fourth-order valence-electron chi connectivity index (χ4n) is 1.65. The van der Waals surface area contributed by atoms with Crippen molar-refractivity contribution in [2.45, 2.75) is 6.92 Å². The number of dihydropyridines is 1. The molecule has 1 heterocycles. The fourth-order valence-corrected chi connectivity index (χ4v) is 1.65. The van der Waals surface area contributed by atoms with Gasteiger partial charge in [-0.15, -0.1) is 0 Å². The highest BCUT2D eigenvalue weighted by atomic mass is 16.5. The average Bonchev–Trinajstić information content (AvgIpc) is 2.29. The van der Waals surface area contributed by atoms with E-state index >= 15 is 0 Å². The molecule has 0 aromatic heterocycles. The highest BCUT2D eigenvalue weighted by Gasteiger charge is 2.23. The van der Waals surface area contributed by atoms with Gasteiger partial charge in [0.05, 0.1) is 18.4 Å². The number of aliphatic imine (C=N–C) groups is 1. The number of hydrogen-bond donors (Lipinski definition) is 0. The van der Waals surface area contributed by atoms with Crippen LogP contribution in [0.3, 0.4) is 0 Å². The van der Waals surface area contributed by atoms with Gasteiger partial charge in [0.2, 0.25) is 0 Å². The number of fused-ring (bicyclic) bond motifs is 1. The third kappa shape index (κ3) is 1.74. The zero-order valence-electron chi connectivity index (χ0n) is 9.06. The molecule has 0 saturated heterocycles. The van der Waals surface area contributed by atoms with Crippen molar-refractivity contribution < 1.29 is 14.3 Å². The quantitative estimate of drug-likeness (QED) is 0.620. The van der Waals surface area contributed by atoms with E-state index in [1.54, 1.807) is 19.1 Å². The molecule has 0 bridgehead atoms. The Morgan fingerprint density at radius 3 is 2.94 bits per heavy atom. The van der Waals surface area contributed by atoms with Gasteiger partial charge in [0, 0.05) is 11.5 Å². The van der Waals surface area contributed by atoms with Gasteiger partial charge in [0.15, 0.2) is 0 Å². The summed E-state index contributed by atoms with van der Waals surface area (Å²) in [5.74, 6) is -0.677. The molecule has 2 aliphatic rings. The van der Waals surface area contributed by atoms with Crippen LogP contribution in [-0.4, -0.2) is 24.7 Å². The summed E-state index contributed by atoms with van der Waals surface area (Å²) in [6.07, 6.45) is 6.96. The van der Waals surface area contributed by atoms with E-state index in [1.807, 2.05) is 12.2 Å². The molecule has 0 N–H and O–H groups in total. The molecule has 16 heavy (non-hydrogen) atoms. The van der Waals surface area contributed by atoms with Crippen LogP contribution in [0.2, 0.25) is 0 Å². The number of hydrogen-bond acceptors (Lipinski definition) is 3. The molecular formula is C12H11NO3. The number of esters is 1. The zero-order chi connectivity index (χ0) is 11.7. The van der Waals surface area contributed by atoms with Gasteiger partial charge in [0.25, 0.3) is 5.91 Å². The second kappa shape index (κ2) is 3.89. The molecule has 0 saturated carbocycles. The van der Waals surface area contributed by atoms with Gasteiger partial charge in [-0.2, -0.15) is 0 Å². The SMILES string of the molecule is COC(=O)C1=CC2=NC(=O)C(C)=CC2C=C1. The Morgan fingerprint density at radius 1 is 1.50 bits per heavy atom. The summed E-state index contributed by atoms with van der Waals surface area (Å²) in [6.45, 7) is 1.73. The van der Waals surface area contributed by atoms with Crippen LogP contribution in [0.4, 0.5) is 0 Å². The molecule has 4 heteroatoms. The van der Waals surface area contributed by atoms with E-state index < -0.39 is 5.97 Å². The van der Waals surface area contributed by atoms with Crippen molar-refractivity contribution in [3.05, 3.63) is 35.5 Å². The maximum Gasteiger partial charge on any atom is 0.337 e. The van der Waals surface area contributed by atoms with Gasteiger partial charge in [-0.05, 0) is 13.0 Å². The maximum absolute atomic E-state index is 11.4. The Kier molecular flexibility index (Phi) is 2.56. The number of nitrogens with zero attached hydrogens (tertiary/aromatic N) is 1. The largest absolute Gasteiger partial charge is 0.465 e. The Hall–Kier alpha value is -1.97. The van der Waals surface area contributed by atoms with Crippen molar-refractivity contribution in [3.63, 3.8) is 0 Å². The summed E-state index contributed by atoms with van der Waals surface area (Å²) in [5, 5.41) is 0. The Bertz CT molecular complexity index is 480. The molecule has 1 atom stereocenters. The summed E-state index contributed by atoms with van der Waals surface area (Å²) in [7, 11) is 1.32. The minimum absolute atomic E-state index is 0.00824. The van der Waals surface area contributed by atoms with E-state index in [1.165, 1.54) is 7.11 Å². The van der Waals surface area contributed by atoms with E-state index in [0.717, 1.165) is 0 Å². The molecule has 4 nitrogen and oxygen atoms in total. The van der Waals surface area contributed by atoms with Gasteiger partial charge in [-0.3, -0.25) is 4.79 Å². The van der Waals surface area contributed by atoms with E-state index in [2.05, 4.69) is 9.73 Å². The van der Waals surface area contributed by atoms with Crippen molar-refractivity contribution in [1.82, 2.24) is 0 Å². The number of amides is 1. The van der Waals surface area contributed by atoms with Crippen LogP contribution in [-0.2, 0) is 14.3 Å². The summed E-state index contributed by atoms with van der Waals surface area (Å²) >= 11 is 0. The minimum atomic E-state index is -0.420. The summed E-state index contributed by atoms with van der Waals surface area (Å²) in [6, 6.07) is 0. The lowest BCUT2D eigenvalue weighted by Crippen LogP contribution is -2.21. The molecule has 2 rings (SSSR count). The van der Waals surface area contributed by atoms with Gasteiger partial charge in [0.1, 0.15) is 0 Å². The van der Waals surface area contributed by atoms with Crippen LogP contribution < -0.4 is 0 Å². The van der Waals surface area contributed by atoms with Crippen molar-refractivity contribution in [1.29, 1.82) is 0 Å². The Labute approximate surface area is 93.0 Å². The molecule has 1 amide bonds. The van der Waals surface area contributed by atoms with Gasteiger partial charge >= 0.3 is 5.97 Å². The van der Waals surface area contributed by atoms with Crippen LogP contribution in [0.5, 0.6) is 0 Å². The first-order valence-corrected chi connectivity index (χ1v) is 4.91. The molecule has 0 aromatic rings. The maximum atomic E-state index is 11.4. The number of carbonyl (C=O) groups is 2. The first-order chi connectivity index (χ1) is 7.61. The highest BCUT2D eigenvalue weighted by Crippen LogP contribution is 2.22. The monoisotopic (exact) mass is 217 g/mol. The summed E-state index contributed by atoms with van der Waals surface area (Å²) < 4.78 is 4.60. The number of rotatable bonds is 1. The number of carbonyl (C=O) groups excluding carboxylic acids is 2. The summed E-state index contributed by atoms with van der Waals surface area (Å²) in [4.78, 5) is 26.6. The molecular weight excluding hydrogens is 206 g/mol. The molecule has 1 aliphatic carbocycles. The molecule has 1 aliphatic heterocycles. The van der Waals surface area contributed by atoms with Crippen LogP contribution >= 0.6 is 0 Å². The van der Waals surface area contributed by atoms with Crippen LogP contribution in [0.1, 0.15) is 6.92 Å².